The smallest absolute Gasteiger partial charge is 0.124 e. The van der Waals surface area contributed by atoms with Crippen LogP contribution in [0.3, 0.4) is 0 Å². The topological polar surface area (TPSA) is 21.3 Å². The van der Waals surface area contributed by atoms with E-state index in [0.29, 0.717) is 21.4 Å². The molecule has 5 heteroatoms. The third-order valence-corrected chi connectivity index (χ3v) is 3.87. The van der Waals surface area contributed by atoms with E-state index in [4.69, 9.17) is 27.9 Å². The van der Waals surface area contributed by atoms with Gasteiger partial charge < -0.3 is 10.1 Å². The van der Waals surface area contributed by atoms with Crippen molar-refractivity contribution in [2.45, 2.75) is 19.6 Å². The van der Waals surface area contributed by atoms with E-state index >= 15 is 0 Å². The Hall–Kier alpha value is -1.29. The maximum absolute atomic E-state index is 13.2. The zero-order valence-electron chi connectivity index (χ0n) is 11.8. The third-order valence-electron chi connectivity index (χ3n) is 3.26. The first-order valence-electron chi connectivity index (χ1n) is 6.54. The molecule has 0 spiro atoms. The molecule has 0 aromatic heterocycles. The monoisotopic (exact) mass is 327 g/mol. The fourth-order valence-electron chi connectivity index (χ4n) is 1.95. The van der Waals surface area contributed by atoms with Gasteiger partial charge in [0.2, 0.25) is 0 Å². The first-order chi connectivity index (χ1) is 10.0. The van der Waals surface area contributed by atoms with Gasteiger partial charge in [0, 0.05) is 27.2 Å². The molecule has 0 aliphatic heterocycles. The molecule has 2 nitrogen and oxygen atoms in total. The standard InChI is InChI=1S/C16H16Cl2FNO/c1-10(20-2)14-8-12(17)3-6-16(14)21-9-11-7-13(19)4-5-15(11)18/h3-8,10,20H,9H2,1-2H3. The fraction of sp³-hybridized carbons (Fsp3) is 0.250. The molecule has 1 atom stereocenters. The van der Waals surface area contributed by atoms with Gasteiger partial charge in [0.25, 0.3) is 0 Å². The van der Waals surface area contributed by atoms with E-state index in [2.05, 4.69) is 5.32 Å². The van der Waals surface area contributed by atoms with Gasteiger partial charge in [-0.3, -0.25) is 0 Å². The quantitative estimate of drug-likeness (QED) is 0.835. The van der Waals surface area contributed by atoms with Crippen LogP contribution in [0.25, 0.3) is 0 Å². The van der Waals surface area contributed by atoms with E-state index < -0.39 is 0 Å². The van der Waals surface area contributed by atoms with Crippen molar-refractivity contribution < 1.29 is 9.13 Å². The van der Waals surface area contributed by atoms with Gasteiger partial charge in [-0.05, 0) is 50.4 Å². The van der Waals surface area contributed by atoms with Gasteiger partial charge in [0.15, 0.2) is 0 Å². The number of halogens is 3. The summed E-state index contributed by atoms with van der Waals surface area (Å²) in [6.07, 6.45) is 0. The molecule has 0 saturated heterocycles. The van der Waals surface area contributed by atoms with Crippen molar-refractivity contribution in [1.82, 2.24) is 5.32 Å². The maximum Gasteiger partial charge on any atom is 0.124 e. The third kappa shape index (κ3) is 4.10. The molecule has 0 aliphatic rings. The van der Waals surface area contributed by atoms with Crippen LogP contribution in [0.4, 0.5) is 4.39 Å². The van der Waals surface area contributed by atoms with Gasteiger partial charge in [-0.2, -0.15) is 0 Å². The molecule has 0 aliphatic carbocycles. The summed E-state index contributed by atoms with van der Waals surface area (Å²) in [7, 11) is 1.86. The minimum absolute atomic E-state index is 0.0849. The van der Waals surface area contributed by atoms with Crippen LogP contribution in [-0.4, -0.2) is 7.05 Å². The van der Waals surface area contributed by atoms with E-state index in [9.17, 15) is 4.39 Å². The van der Waals surface area contributed by atoms with E-state index in [1.165, 1.54) is 18.2 Å². The lowest BCUT2D eigenvalue weighted by atomic mass is 10.1. The Bertz CT molecular complexity index is 634. The van der Waals surface area contributed by atoms with Crippen LogP contribution in [0.15, 0.2) is 36.4 Å². The second kappa shape index (κ2) is 7.12. The Morgan fingerprint density at radius 1 is 1.19 bits per heavy atom. The highest BCUT2D eigenvalue weighted by molar-refractivity contribution is 6.31. The van der Waals surface area contributed by atoms with Crippen molar-refractivity contribution in [2.24, 2.45) is 0 Å². The summed E-state index contributed by atoms with van der Waals surface area (Å²) < 4.78 is 19.0. The van der Waals surface area contributed by atoms with Crippen molar-refractivity contribution in [1.29, 1.82) is 0 Å². The summed E-state index contributed by atoms with van der Waals surface area (Å²) in [4.78, 5) is 0. The molecule has 0 heterocycles. The Balaban J connectivity index is 2.21. The van der Waals surface area contributed by atoms with Crippen LogP contribution >= 0.6 is 23.2 Å². The first-order valence-corrected chi connectivity index (χ1v) is 7.30. The van der Waals surface area contributed by atoms with Crippen molar-refractivity contribution in [2.75, 3.05) is 7.05 Å². The zero-order chi connectivity index (χ0) is 15.4. The molecule has 2 rings (SSSR count). The largest absolute Gasteiger partial charge is 0.489 e. The van der Waals surface area contributed by atoms with Gasteiger partial charge >= 0.3 is 0 Å². The van der Waals surface area contributed by atoms with Gasteiger partial charge in [-0.1, -0.05) is 23.2 Å². The average Bonchev–Trinajstić information content (AvgIpc) is 2.48. The number of nitrogens with one attached hydrogen (secondary N) is 1. The lowest BCUT2D eigenvalue weighted by Crippen LogP contribution is -2.14. The first kappa shape index (κ1) is 16.1. The minimum Gasteiger partial charge on any atom is -0.489 e. The maximum atomic E-state index is 13.2. The van der Waals surface area contributed by atoms with E-state index in [1.807, 2.05) is 20.0 Å². The molecule has 0 fully saturated rings. The second-order valence-corrected chi connectivity index (χ2v) is 5.56. The number of benzene rings is 2. The fourth-order valence-corrected chi connectivity index (χ4v) is 2.31. The molecule has 0 amide bonds. The molecule has 2 aromatic carbocycles. The predicted molar refractivity (Wildman–Crippen MR) is 84.7 cm³/mol. The lowest BCUT2D eigenvalue weighted by Gasteiger charge is -2.17. The molecular weight excluding hydrogens is 312 g/mol. The van der Waals surface area contributed by atoms with Crippen LogP contribution in [0.1, 0.15) is 24.1 Å². The van der Waals surface area contributed by atoms with Crippen LogP contribution in [-0.2, 0) is 6.61 Å². The number of hydrogen-bond donors (Lipinski definition) is 1. The summed E-state index contributed by atoms with van der Waals surface area (Å²) >= 11 is 12.1. The van der Waals surface area contributed by atoms with Gasteiger partial charge in [0.05, 0.1) is 0 Å². The summed E-state index contributed by atoms with van der Waals surface area (Å²) in [5, 5.41) is 4.26. The van der Waals surface area contributed by atoms with Crippen molar-refractivity contribution in [3.63, 3.8) is 0 Å². The SMILES string of the molecule is CNC(C)c1cc(Cl)ccc1OCc1cc(F)ccc1Cl. The van der Waals surface area contributed by atoms with Crippen molar-refractivity contribution in [3.05, 3.63) is 63.4 Å². The normalized spacial score (nSPS) is 12.2. The number of rotatable bonds is 5. The van der Waals surface area contributed by atoms with Gasteiger partial charge in [-0.15, -0.1) is 0 Å². The van der Waals surface area contributed by atoms with Crippen LogP contribution in [0.5, 0.6) is 5.75 Å². The molecule has 0 saturated carbocycles. The van der Waals surface area contributed by atoms with E-state index in [0.717, 1.165) is 5.56 Å². The highest BCUT2D eigenvalue weighted by Gasteiger charge is 2.12. The Morgan fingerprint density at radius 3 is 2.67 bits per heavy atom. The zero-order valence-corrected chi connectivity index (χ0v) is 13.3. The Labute approximate surface area is 133 Å². The van der Waals surface area contributed by atoms with E-state index in [-0.39, 0.29) is 18.5 Å². The Morgan fingerprint density at radius 2 is 1.95 bits per heavy atom. The van der Waals surface area contributed by atoms with Gasteiger partial charge in [0.1, 0.15) is 18.2 Å². The summed E-state index contributed by atoms with van der Waals surface area (Å²) in [5.74, 6) is 0.361. The minimum atomic E-state index is -0.335. The van der Waals surface area contributed by atoms with Crippen LogP contribution < -0.4 is 10.1 Å². The molecular formula is C16H16Cl2FNO. The molecule has 0 radical (unpaired) electrons. The van der Waals surface area contributed by atoms with Crippen LogP contribution in [0, 0.1) is 5.82 Å². The highest BCUT2D eigenvalue weighted by Crippen LogP contribution is 2.29. The molecule has 21 heavy (non-hydrogen) atoms. The number of hydrogen-bond acceptors (Lipinski definition) is 2. The van der Waals surface area contributed by atoms with E-state index in [1.54, 1.807) is 12.1 Å². The average molecular weight is 328 g/mol. The molecule has 1 unspecified atom stereocenters. The highest BCUT2D eigenvalue weighted by atomic mass is 35.5. The van der Waals surface area contributed by atoms with Crippen molar-refractivity contribution in [3.8, 4) is 5.75 Å². The molecule has 2 aromatic rings. The molecule has 112 valence electrons. The second-order valence-electron chi connectivity index (χ2n) is 4.72. The van der Waals surface area contributed by atoms with Crippen LogP contribution in [0.2, 0.25) is 10.0 Å². The van der Waals surface area contributed by atoms with Crippen molar-refractivity contribution >= 4 is 23.2 Å². The number of ether oxygens (including phenoxy) is 1. The molecule has 0 bridgehead atoms. The molecule has 1 N–H and O–H groups in total. The summed E-state index contributed by atoms with van der Waals surface area (Å²) in [5.41, 5.74) is 1.55. The van der Waals surface area contributed by atoms with Gasteiger partial charge in [-0.25, -0.2) is 4.39 Å². The summed E-state index contributed by atoms with van der Waals surface area (Å²) in [6, 6.07) is 9.72. The predicted octanol–water partition coefficient (Wildman–Crippen LogP) is 4.99. The lowest BCUT2D eigenvalue weighted by molar-refractivity contribution is 0.300. The Kier molecular flexibility index (Phi) is 5.45. The summed E-state index contributed by atoms with van der Waals surface area (Å²) in [6.45, 7) is 2.20.